The molecule has 2 aromatic rings. The zero-order chi connectivity index (χ0) is 11.7. The Labute approximate surface area is 95.5 Å². The summed E-state index contributed by atoms with van der Waals surface area (Å²) >= 11 is 0. The van der Waals surface area contributed by atoms with Gasteiger partial charge in [-0.25, -0.2) is 0 Å². The van der Waals surface area contributed by atoms with Gasteiger partial charge in [0.25, 0.3) is 0 Å². The molecule has 0 radical (unpaired) electrons. The van der Waals surface area contributed by atoms with Crippen molar-refractivity contribution in [1.82, 2.24) is 4.57 Å². The number of carbonyl (C=O) groups excluding carboxylic acids is 1. The number of rotatable bonds is 2. The van der Waals surface area contributed by atoms with Crippen LogP contribution in [0.5, 0.6) is 0 Å². The summed E-state index contributed by atoms with van der Waals surface area (Å²) in [6.07, 6.45) is 0.880. The van der Waals surface area contributed by atoms with E-state index in [1.54, 1.807) is 0 Å². The summed E-state index contributed by atoms with van der Waals surface area (Å²) in [6, 6.07) is 10.2. The molecule has 1 aromatic heterocycles. The molecule has 2 nitrogen and oxygen atoms in total. The molecular weight excluding hydrogens is 198 g/mol. The second-order valence-corrected chi connectivity index (χ2v) is 4.12. The Morgan fingerprint density at radius 2 is 1.81 bits per heavy atom. The number of hydrogen-bond donors (Lipinski definition) is 0. The molecule has 16 heavy (non-hydrogen) atoms. The van der Waals surface area contributed by atoms with Gasteiger partial charge in [-0.1, -0.05) is 12.1 Å². The topological polar surface area (TPSA) is 22.0 Å². The van der Waals surface area contributed by atoms with Crippen molar-refractivity contribution in [2.45, 2.75) is 13.8 Å². The molecule has 0 spiro atoms. The molecule has 0 saturated heterocycles. The van der Waals surface area contributed by atoms with Crippen molar-refractivity contribution >= 4 is 6.29 Å². The van der Waals surface area contributed by atoms with E-state index < -0.39 is 0 Å². The van der Waals surface area contributed by atoms with E-state index in [4.69, 9.17) is 0 Å². The Hall–Kier alpha value is -1.83. The molecule has 0 atom stereocenters. The third-order valence-electron chi connectivity index (χ3n) is 3.08. The molecule has 0 saturated carbocycles. The maximum absolute atomic E-state index is 10.8. The van der Waals surface area contributed by atoms with Gasteiger partial charge in [0.05, 0.1) is 5.69 Å². The molecule has 0 aliphatic rings. The number of hydrogen-bond acceptors (Lipinski definition) is 1. The number of aryl methyl sites for hydroxylation is 2. The lowest BCUT2D eigenvalue weighted by molar-refractivity contribution is 0.111. The quantitative estimate of drug-likeness (QED) is 0.702. The molecule has 2 heteroatoms. The third kappa shape index (κ3) is 1.67. The Bertz CT molecular complexity index is 538. The summed E-state index contributed by atoms with van der Waals surface area (Å²) in [5.41, 5.74) is 5.48. The lowest BCUT2D eigenvalue weighted by atomic mass is 10.0. The second-order valence-electron chi connectivity index (χ2n) is 4.12. The molecule has 0 amide bonds. The lowest BCUT2D eigenvalue weighted by Crippen LogP contribution is -1.97. The highest BCUT2D eigenvalue weighted by Crippen LogP contribution is 2.23. The van der Waals surface area contributed by atoms with Gasteiger partial charge in [0.1, 0.15) is 0 Å². The minimum Gasteiger partial charge on any atom is -0.341 e. The molecule has 1 aromatic carbocycles. The fourth-order valence-corrected chi connectivity index (χ4v) is 1.84. The summed E-state index contributed by atoms with van der Waals surface area (Å²) in [4.78, 5) is 10.8. The maximum Gasteiger partial charge on any atom is 0.166 e. The molecule has 82 valence electrons. The Balaban J connectivity index is 2.54. The monoisotopic (exact) mass is 213 g/mol. The second kappa shape index (κ2) is 3.97. The average molecular weight is 213 g/mol. The smallest absolute Gasteiger partial charge is 0.166 e. The normalized spacial score (nSPS) is 10.4. The number of nitrogens with zero attached hydrogens (tertiary/aromatic N) is 1. The van der Waals surface area contributed by atoms with Gasteiger partial charge in [0, 0.05) is 12.7 Å². The molecule has 0 bridgehead atoms. The van der Waals surface area contributed by atoms with E-state index in [0.717, 1.165) is 17.5 Å². The van der Waals surface area contributed by atoms with Crippen LogP contribution in [0.25, 0.3) is 11.3 Å². The predicted molar refractivity (Wildman–Crippen MR) is 65.7 cm³/mol. The van der Waals surface area contributed by atoms with Crippen molar-refractivity contribution < 1.29 is 4.79 Å². The zero-order valence-corrected chi connectivity index (χ0v) is 9.82. The predicted octanol–water partition coefficient (Wildman–Crippen LogP) is 3.12. The average Bonchev–Trinajstić information content (AvgIpc) is 2.64. The van der Waals surface area contributed by atoms with Crippen molar-refractivity contribution in [3.05, 3.63) is 47.2 Å². The van der Waals surface area contributed by atoms with Crippen LogP contribution in [-0.2, 0) is 7.05 Å². The zero-order valence-electron chi connectivity index (χ0n) is 9.82. The SMILES string of the molecule is Cc1ccc(-c2ccc(C=O)n2C)cc1C. The highest BCUT2D eigenvalue weighted by atomic mass is 16.1. The Kier molecular flexibility index (Phi) is 2.65. The molecule has 0 N–H and O–H groups in total. The van der Waals surface area contributed by atoms with Gasteiger partial charge >= 0.3 is 0 Å². The Morgan fingerprint density at radius 3 is 2.38 bits per heavy atom. The van der Waals surface area contributed by atoms with Gasteiger partial charge in [-0.05, 0) is 48.7 Å². The van der Waals surface area contributed by atoms with Crippen LogP contribution in [0, 0.1) is 13.8 Å². The molecular formula is C14H15NO. The summed E-state index contributed by atoms with van der Waals surface area (Å²) < 4.78 is 1.91. The van der Waals surface area contributed by atoms with E-state index in [1.165, 1.54) is 11.1 Å². The van der Waals surface area contributed by atoms with Crippen molar-refractivity contribution in [3.8, 4) is 11.3 Å². The highest BCUT2D eigenvalue weighted by Gasteiger charge is 2.06. The summed E-state index contributed by atoms with van der Waals surface area (Å²) in [6.45, 7) is 4.20. The fourth-order valence-electron chi connectivity index (χ4n) is 1.84. The van der Waals surface area contributed by atoms with Gasteiger partial charge in [-0.15, -0.1) is 0 Å². The summed E-state index contributed by atoms with van der Waals surface area (Å²) in [7, 11) is 1.91. The number of aldehydes is 1. The molecule has 0 aliphatic carbocycles. The van der Waals surface area contributed by atoms with Crippen molar-refractivity contribution in [3.63, 3.8) is 0 Å². The van der Waals surface area contributed by atoms with Crippen LogP contribution in [0.1, 0.15) is 21.6 Å². The van der Waals surface area contributed by atoms with Gasteiger partial charge < -0.3 is 4.57 Å². The fraction of sp³-hybridized carbons (Fsp3) is 0.214. The van der Waals surface area contributed by atoms with Crippen molar-refractivity contribution in [2.24, 2.45) is 7.05 Å². The first kappa shape index (κ1) is 10.7. The van der Waals surface area contributed by atoms with Gasteiger partial charge in [0.2, 0.25) is 0 Å². The van der Waals surface area contributed by atoms with Crippen LogP contribution in [0.2, 0.25) is 0 Å². The van der Waals surface area contributed by atoms with E-state index in [1.807, 2.05) is 23.7 Å². The van der Waals surface area contributed by atoms with Crippen LogP contribution < -0.4 is 0 Å². The summed E-state index contributed by atoms with van der Waals surface area (Å²) in [5, 5.41) is 0. The number of aromatic nitrogens is 1. The molecule has 1 heterocycles. The molecule has 0 fully saturated rings. The largest absolute Gasteiger partial charge is 0.341 e. The third-order valence-corrected chi connectivity index (χ3v) is 3.08. The van der Waals surface area contributed by atoms with Crippen LogP contribution in [0.4, 0.5) is 0 Å². The van der Waals surface area contributed by atoms with Gasteiger partial charge in [-0.2, -0.15) is 0 Å². The number of benzene rings is 1. The van der Waals surface area contributed by atoms with E-state index >= 15 is 0 Å². The minimum absolute atomic E-state index is 0.702. The Morgan fingerprint density at radius 1 is 1.06 bits per heavy atom. The van der Waals surface area contributed by atoms with E-state index in [9.17, 15) is 4.79 Å². The molecule has 2 rings (SSSR count). The van der Waals surface area contributed by atoms with Crippen LogP contribution in [0.15, 0.2) is 30.3 Å². The van der Waals surface area contributed by atoms with E-state index in [-0.39, 0.29) is 0 Å². The van der Waals surface area contributed by atoms with Crippen molar-refractivity contribution in [1.29, 1.82) is 0 Å². The maximum atomic E-state index is 10.8. The molecule has 0 unspecified atom stereocenters. The first-order chi connectivity index (χ1) is 7.63. The van der Waals surface area contributed by atoms with E-state index in [0.29, 0.717) is 5.69 Å². The minimum atomic E-state index is 0.702. The van der Waals surface area contributed by atoms with Crippen LogP contribution in [-0.4, -0.2) is 10.9 Å². The first-order valence-electron chi connectivity index (χ1n) is 5.32. The molecule has 0 aliphatic heterocycles. The summed E-state index contributed by atoms with van der Waals surface area (Å²) in [5.74, 6) is 0. The van der Waals surface area contributed by atoms with Crippen LogP contribution in [0.3, 0.4) is 0 Å². The van der Waals surface area contributed by atoms with Crippen LogP contribution >= 0.6 is 0 Å². The number of carbonyl (C=O) groups is 1. The standard InChI is InChI=1S/C14H15NO/c1-10-4-5-12(8-11(10)2)14-7-6-13(9-16)15(14)3/h4-9H,1-3H3. The van der Waals surface area contributed by atoms with Crippen molar-refractivity contribution in [2.75, 3.05) is 0 Å². The highest BCUT2D eigenvalue weighted by molar-refractivity contribution is 5.76. The van der Waals surface area contributed by atoms with E-state index in [2.05, 4.69) is 32.0 Å². The van der Waals surface area contributed by atoms with Gasteiger partial charge in [0.15, 0.2) is 6.29 Å². The first-order valence-corrected chi connectivity index (χ1v) is 5.32. The lowest BCUT2D eigenvalue weighted by Gasteiger charge is -2.07. The van der Waals surface area contributed by atoms with Gasteiger partial charge in [-0.3, -0.25) is 4.79 Å².